The summed E-state index contributed by atoms with van der Waals surface area (Å²) in [6, 6.07) is 5.30. The highest BCUT2D eigenvalue weighted by molar-refractivity contribution is 6.01. The molecular formula is C18H26N2O4. The zero-order chi connectivity index (χ0) is 17.5. The minimum absolute atomic E-state index is 0.0520. The van der Waals surface area contributed by atoms with Gasteiger partial charge in [-0.25, -0.2) is 0 Å². The fraction of sp³-hybridized carbons (Fsp3) is 0.556. The number of nitrogens with one attached hydrogen (secondary N) is 1. The molecule has 6 heteroatoms. The molecule has 0 saturated carbocycles. The summed E-state index contributed by atoms with van der Waals surface area (Å²) in [5.41, 5.74) is 0.642. The molecule has 0 radical (unpaired) electrons. The number of carbonyl (C=O) groups is 2. The molecule has 1 aliphatic heterocycles. The fourth-order valence-corrected chi connectivity index (χ4v) is 2.85. The summed E-state index contributed by atoms with van der Waals surface area (Å²) < 4.78 is 10.6. The zero-order valence-corrected chi connectivity index (χ0v) is 14.6. The van der Waals surface area contributed by atoms with E-state index < -0.39 is 0 Å². The van der Waals surface area contributed by atoms with E-state index in [1.165, 1.54) is 0 Å². The van der Waals surface area contributed by atoms with Crippen molar-refractivity contribution in [1.82, 2.24) is 5.32 Å². The topological polar surface area (TPSA) is 67.9 Å². The molecule has 1 saturated heterocycles. The predicted molar refractivity (Wildman–Crippen MR) is 92.5 cm³/mol. The van der Waals surface area contributed by atoms with Crippen molar-refractivity contribution in [3.8, 4) is 11.5 Å². The molecule has 1 N–H and O–H groups in total. The van der Waals surface area contributed by atoms with Crippen LogP contribution in [0.5, 0.6) is 11.5 Å². The number of nitrogens with zero attached hydrogens (tertiary/aromatic N) is 1. The molecule has 0 aliphatic carbocycles. The Morgan fingerprint density at radius 3 is 2.75 bits per heavy atom. The molecule has 1 fully saturated rings. The highest BCUT2D eigenvalue weighted by Crippen LogP contribution is 2.36. The standard InChI is InChI=1S/C18H26N2O4/c1-4-5-6-9-19-18(22)13-10-17(21)20(12-13)15-11-14(23-2)7-8-16(15)24-3/h7-8,11,13H,4-6,9-10,12H2,1-3H3,(H,19,22)/t13-/m0/s1. The molecular weight excluding hydrogens is 308 g/mol. The van der Waals surface area contributed by atoms with Crippen molar-refractivity contribution < 1.29 is 19.1 Å². The fourth-order valence-electron chi connectivity index (χ4n) is 2.85. The predicted octanol–water partition coefficient (Wildman–Crippen LogP) is 2.36. The minimum Gasteiger partial charge on any atom is -0.497 e. The molecule has 0 aromatic heterocycles. The number of rotatable bonds is 8. The van der Waals surface area contributed by atoms with Gasteiger partial charge in [0.25, 0.3) is 0 Å². The number of hydrogen-bond donors (Lipinski definition) is 1. The first-order valence-corrected chi connectivity index (χ1v) is 8.40. The number of anilines is 1. The third-order valence-corrected chi connectivity index (χ3v) is 4.25. The van der Waals surface area contributed by atoms with Crippen molar-refractivity contribution in [2.45, 2.75) is 32.6 Å². The Bertz CT molecular complexity index is 588. The summed E-state index contributed by atoms with van der Waals surface area (Å²) in [4.78, 5) is 26.3. The van der Waals surface area contributed by atoms with Crippen LogP contribution >= 0.6 is 0 Å². The van der Waals surface area contributed by atoms with Crippen molar-refractivity contribution in [2.24, 2.45) is 5.92 Å². The molecule has 0 bridgehead atoms. The number of carbonyl (C=O) groups excluding carboxylic acids is 2. The molecule has 2 amide bonds. The lowest BCUT2D eigenvalue weighted by Crippen LogP contribution is -2.33. The van der Waals surface area contributed by atoms with Gasteiger partial charge in [-0.3, -0.25) is 9.59 Å². The van der Waals surface area contributed by atoms with Crippen molar-refractivity contribution in [2.75, 3.05) is 32.2 Å². The Balaban J connectivity index is 2.05. The number of hydrogen-bond acceptors (Lipinski definition) is 4. The quantitative estimate of drug-likeness (QED) is 0.741. The zero-order valence-electron chi connectivity index (χ0n) is 14.6. The van der Waals surface area contributed by atoms with Crippen LogP contribution in [-0.4, -0.2) is 39.1 Å². The normalized spacial score (nSPS) is 17.0. The monoisotopic (exact) mass is 334 g/mol. The van der Waals surface area contributed by atoms with Crippen LogP contribution in [0.15, 0.2) is 18.2 Å². The van der Waals surface area contributed by atoms with E-state index in [0.717, 1.165) is 19.3 Å². The van der Waals surface area contributed by atoms with Gasteiger partial charge in [-0.1, -0.05) is 19.8 Å². The van der Waals surface area contributed by atoms with Crippen LogP contribution in [0.25, 0.3) is 0 Å². The molecule has 132 valence electrons. The number of ether oxygens (including phenoxy) is 2. The van der Waals surface area contributed by atoms with Gasteiger partial charge in [0.1, 0.15) is 11.5 Å². The van der Waals surface area contributed by atoms with E-state index in [2.05, 4.69) is 12.2 Å². The van der Waals surface area contributed by atoms with E-state index in [4.69, 9.17) is 9.47 Å². The molecule has 0 spiro atoms. The molecule has 2 rings (SSSR count). The van der Waals surface area contributed by atoms with E-state index in [-0.39, 0.29) is 24.2 Å². The smallest absolute Gasteiger partial charge is 0.227 e. The first-order valence-electron chi connectivity index (χ1n) is 8.40. The Hall–Kier alpha value is -2.24. The molecule has 0 unspecified atom stereocenters. The molecule has 1 aromatic carbocycles. The van der Waals surface area contributed by atoms with Gasteiger partial charge in [0, 0.05) is 25.6 Å². The van der Waals surface area contributed by atoms with Crippen LogP contribution in [0.3, 0.4) is 0 Å². The minimum atomic E-state index is -0.324. The van der Waals surface area contributed by atoms with E-state index in [9.17, 15) is 9.59 Å². The average Bonchev–Trinajstić information content (AvgIpc) is 2.99. The summed E-state index contributed by atoms with van der Waals surface area (Å²) in [6.07, 6.45) is 3.40. The summed E-state index contributed by atoms with van der Waals surface area (Å²) >= 11 is 0. The van der Waals surface area contributed by atoms with Gasteiger partial charge in [0.2, 0.25) is 11.8 Å². The Kier molecular flexibility index (Phi) is 6.46. The first-order chi connectivity index (χ1) is 11.6. The Labute approximate surface area is 143 Å². The van der Waals surface area contributed by atoms with Gasteiger partial charge in [-0.05, 0) is 18.6 Å². The van der Waals surface area contributed by atoms with Crippen LogP contribution in [0.1, 0.15) is 32.6 Å². The van der Waals surface area contributed by atoms with Gasteiger partial charge < -0.3 is 19.7 Å². The van der Waals surface area contributed by atoms with Gasteiger partial charge >= 0.3 is 0 Å². The van der Waals surface area contributed by atoms with Crippen LogP contribution in [0.2, 0.25) is 0 Å². The van der Waals surface area contributed by atoms with Crippen LogP contribution < -0.4 is 19.7 Å². The second-order valence-electron chi connectivity index (χ2n) is 5.94. The maximum Gasteiger partial charge on any atom is 0.227 e. The van der Waals surface area contributed by atoms with E-state index in [1.807, 2.05) is 0 Å². The lowest BCUT2D eigenvalue weighted by atomic mass is 10.1. The highest BCUT2D eigenvalue weighted by atomic mass is 16.5. The molecule has 1 aliphatic rings. The summed E-state index contributed by atoms with van der Waals surface area (Å²) in [7, 11) is 3.13. The summed E-state index contributed by atoms with van der Waals surface area (Å²) in [5.74, 6) is 0.785. The van der Waals surface area contributed by atoms with Gasteiger partial charge in [0.15, 0.2) is 0 Å². The Morgan fingerprint density at radius 2 is 2.08 bits per heavy atom. The van der Waals surface area contributed by atoms with E-state index in [0.29, 0.717) is 30.3 Å². The van der Waals surface area contributed by atoms with Gasteiger partial charge in [-0.15, -0.1) is 0 Å². The number of amides is 2. The summed E-state index contributed by atoms with van der Waals surface area (Å²) in [6.45, 7) is 3.15. The molecule has 1 aromatic rings. The largest absolute Gasteiger partial charge is 0.497 e. The van der Waals surface area contributed by atoms with E-state index >= 15 is 0 Å². The first kappa shape index (κ1) is 18.1. The third-order valence-electron chi connectivity index (χ3n) is 4.25. The van der Waals surface area contributed by atoms with Crippen molar-refractivity contribution in [3.05, 3.63) is 18.2 Å². The lowest BCUT2D eigenvalue weighted by Gasteiger charge is -2.20. The SMILES string of the molecule is CCCCCNC(=O)[C@H]1CC(=O)N(c2cc(OC)ccc2OC)C1. The average molecular weight is 334 g/mol. The second-order valence-corrected chi connectivity index (χ2v) is 5.94. The van der Waals surface area contributed by atoms with Gasteiger partial charge in [0.05, 0.1) is 25.8 Å². The van der Waals surface area contributed by atoms with Crippen molar-refractivity contribution >= 4 is 17.5 Å². The molecule has 6 nitrogen and oxygen atoms in total. The maximum atomic E-state index is 12.4. The van der Waals surface area contributed by atoms with Crippen LogP contribution in [0.4, 0.5) is 5.69 Å². The number of unbranched alkanes of at least 4 members (excludes halogenated alkanes) is 2. The van der Waals surface area contributed by atoms with Crippen molar-refractivity contribution in [1.29, 1.82) is 0 Å². The van der Waals surface area contributed by atoms with Crippen LogP contribution in [0, 0.1) is 5.92 Å². The molecule has 24 heavy (non-hydrogen) atoms. The number of methoxy groups -OCH3 is 2. The van der Waals surface area contributed by atoms with Gasteiger partial charge in [-0.2, -0.15) is 0 Å². The third kappa shape index (κ3) is 4.19. The lowest BCUT2D eigenvalue weighted by molar-refractivity contribution is -0.126. The second kappa shape index (κ2) is 8.57. The molecule has 1 atom stereocenters. The summed E-state index contributed by atoms with van der Waals surface area (Å²) in [5, 5.41) is 2.93. The maximum absolute atomic E-state index is 12.4. The highest BCUT2D eigenvalue weighted by Gasteiger charge is 2.36. The number of benzene rings is 1. The van der Waals surface area contributed by atoms with Crippen LogP contribution in [-0.2, 0) is 9.59 Å². The Morgan fingerprint density at radius 1 is 1.29 bits per heavy atom. The molecule has 1 heterocycles. The van der Waals surface area contributed by atoms with E-state index in [1.54, 1.807) is 37.3 Å². The van der Waals surface area contributed by atoms with Crippen molar-refractivity contribution in [3.63, 3.8) is 0 Å².